The Balaban J connectivity index is 0.614. The fraction of sp³-hybridized carbons (Fsp3) is 0.545. The van der Waals surface area contributed by atoms with Gasteiger partial charge in [-0.05, 0) is 96.7 Å². The molecule has 94 heavy (non-hydrogen) atoms. The van der Waals surface area contributed by atoms with E-state index in [0.29, 0.717) is 216 Å². The molecule has 2 heterocycles. The Labute approximate surface area is 573 Å². The summed E-state index contributed by atoms with van der Waals surface area (Å²) in [6.45, 7) is 14.1. The Kier molecular flexibility index (Phi) is 38.3. The number of hydrogen-bond acceptors (Lipinski definition) is 20. The van der Waals surface area contributed by atoms with Gasteiger partial charge < -0.3 is 90.1 Å². The second kappa shape index (κ2) is 46.5. The zero-order valence-corrected chi connectivity index (χ0v) is 57.1. The number of halogens is 4. The summed E-state index contributed by atoms with van der Waals surface area (Å²) >= 11 is 26.0. The number of nitrogens with one attached hydrogen (secondary N) is 4. The van der Waals surface area contributed by atoms with E-state index in [1.54, 1.807) is 24.6 Å². The molecule has 4 amide bonds. The maximum atomic E-state index is 12.1. The van der Waals surface area contributed by atoms with E-state index < -0.39 is 0 Å². The van der Waals surface area contributed by atoms with Crippen LogP contribution in [0.1, 0.15) is 69.2 Å². The molecule has 4 aromatic rings. The lowest BCUT2D eigenvalue weighted by Crippen LogP contribution is -2.39. The highest BCUT2D eigenvalue weighted by Crippen LogP contribution is 2.40. The molecule has 0 radical (unpaired) electrons. The molecule has 2 aliphatic rings. The topological polar surface area (TPSA) is 283 Å². The minimum atomic E-state index is -0.280. The van der Waals surface area contributed by atoms with Crippen molar-refractivity contribution in [2.24, 2.45) is 31.9 Å². The number of urea groups is 2. The number of unbranched alkanes of at least 4 members (excludes halogenated alkanes) is 1. The Bertz CT molecular complexity index is 2800. The number of nitrogens with two attached hydrogens (primary N) is 2. The lowest BCUT2D eigenvalue weighted by Gasteiger charge is -2.33. The minimum Gasteiger partial charge on any atom is -0.377 e. The SMILES string of the molecule is CN1Cc2c(Cl)cc(Cl)cc2C(c2cccc(C(C=NCCOCCOCCOCCOCCOCCNC(=O)NCCCCNC(=O)NCCOCCOCCOCCOCCOCCN=CC(=NN)c3cccc([C@@H]4CN(C)Cc5c(Cl)cc(Cl)cc54)c3)=NN)c2)C1. The first kappa shape index (κ1) is 77.4. The van der Waals surface area contributed by atoms with E-state index in [4.69, 9.17) is 105 Å². The third-order valence-electron chi connectivity index (χ3n) is 14.8. The molecular formula is C66H94Cl4N12O12. The van der Waals surface area contributed by atoms with E-state index in [2.05, 4.69) is 89.6 Å². The van der Waals surface area contributed by atoms with E-state index in [-0.39, 0.29) is 23.9 Å². The molecule has 4 aromatic carbocycles. The number of nitrogens with zero attached hydrogens (tertiary/aromatic N) is 6. The second-order valence-corrected chi connectivity index (χ2v) is 23.6. The van der Waals surface area contributed by atoms with Gasteiger partial charge in [0.15, 0.2) is 0 Å². The molecule has 0 bridgehead atoms. The number of carbonyl (C=O) groups excluding carboxylic acids is 2. The molecule has 0 fully saturated rings. The lowest BCUT2D eigenvalue weighted by molar-refractivity contribution is -0.0102. The van der Waals surface area contributed by atoms with Crippen molar-refractivity contribution < 1.29 is 57.0 Å². The van der Waals surface area contributed by atoms with Crippen LogP contribution in [-0.4, -0.2) is 244 Å². The van der Waals surface area contributed by atoms with Crippen LogP contribution in [0.2, 0.25) is 20.1 Å². The number of amides is 4. The summed E-state index contributed by atoms with van der Waals surface area (Å²) in [5.41, 5.74) is 9.58. The molecule has 28 heteroatoms. The van der Waals surface area contributed by atoms with Gasteiger partial charge in [-0.2, -0.15) is 10.2 Å². The van der Waals surface area contributed by atoms with Gasteiger partial charge in [-0.3, -0.25) is 9.98 Å². The number of fused-ring (bicyclic) bond motifs is 2. The highest BCUT2D eigenvalue weighted by Gasteiger charge is 2.29. The van der Waals surface area contributed by atoms with Gasteiger partial charge in [0.25, 0.3) is 0 Å². The van der Waals surface area contributed by atoms with Gasteiger partial charge in [0.2, 0.25) is 0 Å². The molecule has 2 aliphatic heterocycles. The van der Waals surface area contributed by atoms with Crippen LogP contribution in [0.4, 0.5) is 9.59 Å². The van der Waals surface area contributed by atoms with Gasteiger partial charge in [-0.1, -0.05) is 82.8 Å². The first-order valence-electron chi connectivity index (χ1n) is 31.8. The van der Waals surface area contributed by atoms with Crippen LogP contribution in [0.15, 0.2) is 93.0 Å². The molecule has 518 valence electrons. The van der Waals surface area contributed by atoms with Crippen molar-refractivity contribution in [3.8, 4) is 0 Å². The van der Waals surface area contributed by atoms with Crippen molar-refractivity contribution in [3.05, 3.63) is 137 Å². The normalized spacial score (nSPS) is 15.4. The predicted octanol–water partition coefficient (Wildman–Crippen LogP) is 7.17. The summed E-state index contributed by atoms with van der Waals surface area (Å²) in [4.78, 5) is 37.6. The smallest absolute Gasteiger partial charge is 0.314 e. The third-order valence-corrected chi connectivity index (χ3v) is 15.9. The number of rotatable bonds is 47. The van der Waals surface area contributed by atoms with Gasteiger partial charge in [0.1, 0.15) is 11.4 Å². The lowest BCUT2D eigenvalue weighted by atomic mass is 9.84. The van der Waals surface area contributed by atoms with Crippen LogP contribution in [0, 0.1) is 0 Å². The van der Waals surface area contributed by atoms with E-state index in [1.807, 2.05) is 36.4 Å². The van der Waals surface area contributed by atoms with Gasteiger partial charge in [-0.25, -0.2) is 9.59 Å². The van der Waals surface area contributed by atoms with Crippen molar-refractivity contribution in [1.29, 1.82) is 0 Å². The summed E-state index contributed by atoms with van der Waals surface area (Å²) in [5, 5.41) is 21.7. The van der Waals surface area contributed by atoms with E-state index in [0.717, 1.165) is 70.7 Å². The number of aliphatic imine (C=N–C) groups is 2. The summed E-state index contributed by atoms with van der Waals surface area (Å²) < 4.78 is 55.8. The first-order valence-corrected chi connectivity index (χ1v) is 33.3. The highest BCUT2D eigenvalue weighted by molar-refractivity contribution is 6.39. The summed E-state index contributed by atoms with van der Waals surface area (Å²) in [6, 6.07) is 23.4. The average molecular weight is 1390 g/mol. The molecular weight excluding hydrogens is 1290 g/mol. The summed E-state index contributed by atoms with van der Waals surface area (Å²) in [7, 11) is 4.17. The Morgan fingerprint density at radius 1 is 0.457 bits per heavy atom. The molecule has 0 aromatic heterocycles. The Hall–Kier alpha value is -5.62. The standard InChI is InChI=1S/C66H94Cl4N12O12/c1-81-45-57(55-39-53(67)41-61(69)59(55)47-81)49-7-5-9-51(37-49)63(79-71)43-73-13-17-85-21-25-89-29-33-93-35-31-91-27-23-87-19-15-77-65(83)75-11-3-4-12-76-66(84)78-16-20-88-24-28-92-32-36-94-34-30-90-26-22-86-18-14-74-44-64(80-72)52-10-6-8-50(38-52)58-46-82(2)48-60-56(58)40-54(68)42-62(60)70/h5-10,37-44,57-58H,3-4,11-36,45-48,71-72H2,1-2H3,(H2,75,77,83)(H2,76,78,84)/t57-,58?/m0/s1. The van der Waals surface area contributed by atoms with E-state index in [1.165, 1.54) is 0 Å². The van der Waals surface area contributed by atoms with E-state index in [9.17, 15) is 9.59 Å². The fourth-order valence-corrected chi connectivity index (χ4v) is 11.3. The number of ether oxygens (including phenoxy) is 10. The maximum absolute atomic E-state index is 12.1. The van der Waals surface area contributed by atoms with Gasteiger partial charge in [-0.15, -0.1) is 0 Å². The van der Waals surface area contributed by atoms with Crippen molar-refractivity contribution in [1.82, 2.24) is 31.1 Å². The number of carbonyl (C=O) groups is 2. The third kappa shape index (κ3) is 29.8. The zero-order valence-electron chi connectivity index (χ0n) is 54.1. The van der Waals surface area contributed by atoms with Crippen molar-refractivity contribution >= 4 is 82.3 Å². The molecule has 24 nitrogen and oxygen atoms in total. The Morgan fingerprint density at radius 2 is 0.777 bits per heavy atom. The van der Waals surface area contributed by atoms with Crippen LogP contribution in [0.5, 0.6) is 0 Å². The van der Waals surface area contributed by atoms with Crippen LogP contribution >= 0.6 is 46.4 Å². The van der Waals surface area contributed by atoms with E-state index >= 15 is 0 Å². The average Bonchev–Trinajstić information content (AvgIpc) is 0.846. The van der Waals surface area contributed by atoms with Crippen LogP contribution < -0.4 is 33.0 Å². The molecule has 0 saturated carbocycles. The molecule has 0 aliphatic carbocycles. The quantitative estimate of drug-likeness (QED) is 0.0111. The summed E-state index contributed by atoms with van der Waals surface area (Å²) in [6.07, 6.45) is 4.74. The monoisotopic (exact) mass is 1390 g/mol. The minimum absolute atomic E-state index is 0.0955. The number of likely N-dealkylation sites (N-methyl/N-ethyl adjacent to an activating group) is 2. The van der Waals surface area contributed by atoms with Gasteiger partial charge in [0.05, 0.1) is 145 Å². The fourth-order valence-electron chi connectivity index (χ4n) is 10.2. The van der Waals surface area contributed by atoms with Crippen LogP contribution in [-0.2, 0) is 60.5 Å². The molecule has 1 unspecified atom stereocenters. The zero-order chi connectivity index (χ0) is 66.8. The maximum Gasteiger partial charge on any atom is 0.314 e. The second-order valence-electron chi connectivity index (χ2n) is 22.0. The molecule has 0 spiro atoms. The Morgan fingerprint density at radius 3 is 1.12 bits per heavy atom. The van der Waals surface area contributed by atoms with Crippen molar-refractivity contribution in [2.45, 2.75) is 37.8 Å². The highest BCUT2D eigenvalue weighted by atomic mass is 35.5. The molecule has 8 N–H and O–H groups in total. The number of hydrogen-bond donors (Lipinski definition) is 6. The largest absolute Gasteiger partial charge is 0.377 e. The van der Waals surface area contributed by atoms with Crippen molar-refractivity contribution in [3.63, 3.8) is 0 Å². The number of hydrazone groups is 2. The van der Waals surface area contributed by atoms with Gasteiger partial charge in [0, 0.05) is 108 Å². The summed E-state index contributed by atoms with van der Waals surface area (Å²) in [5.74, 6) is 11.8. The molecule has 0 saturated heterocycles. The first-order chi connectivity index (χ1) is 45.9. The van der Waals surface area contributed by atoms with Crippen molar-refractivity contribution in [2.75, 3.05) is 199 Å². The van der Waals surface area contributed by atoms with Gasteiger partial charge >= 0.3 is 12.1 Å². The number of benzene rings is 4. The molecule has 2 atom stereocenters. The van der Waals surface area contributed by atoms with Crippen LogP contribution in [0.3, 0.4) is 0 Å². The predicted molar refractivity (Wildman–Crippen MR) is 371 cm³/mol. The molecule has 6 rings (SSSR count). The van der Waals surface area contributed by atoms with Crippen LogP contribution in [0.25, 0.3) is 0 Å².